The lowest BCUT2D eigenvalue weighted by Gasteiger charge is -2.25. The van der Waals surface area contributed by atoms with E-state index in [2.05, 4.69) is 40.9 Å². The molecule has 0 aromatic carbocycles. The van der Waals surface area contributed by atoms with Gasteiger partial charge in [-0.05, 0) is 31.5 Å². The highest BCUT2D eigenvalue weighted by Gasteiger charge is 2.28. The smallest absolute Gasteiger partial charge is 0.356 e. The lowest BCUT2D eigenvalue weighted by atomic mass is 9.91. The molecule has 0 fully saturated rings. The summed E-state index contributed by atoms with van der Waals surface area (Å²) in [4.78, 5) is 6.72. The van der Waals surface area contributed by atoms with E-state index in [-0.39, 0.29) is 29.4 Å². The highest BCUT2D eigenvalue weighted by molar-refractivity contribution is 14.0. The summed E-state index contributed by atoms with van der Waals surface area (Å²) in [6.45, 7) is 5.11. The molecule has 0 saturated carbocycles. The van der Waals surface area contributed by atoms with Crippen molar-refractivity contribution in [3.8, 4) is 0 Å². The molecule has 0 radical (unpaired) electrons. The Morgan fingerprint density at radius 1 is 1.28 bits per heavy atom. The second kappa shape index (κ2) is 11.2. The maximum atomic E-state index is 12.2. The third-order valence-electron chi connectivity index (χ3n) is 3.57. The molecule has 0 atom stereocenters. The minimum absolute atomic E-state index is 0. The number of hydrogen-bond donors (Lipinski definition) is 2. The van der Waals surface area contributed by atoms with Crippen LogP contribution in [0.2, 0.25) is 0 Å². The van der Waals surface area contributed by atoms with Crippen LogP contribution in [0, 0.1) is 0 Å². The molecule has 2 N–H and O–H groups in total. The third kappa shape index (κ3) is 10.2. The average Bonchev–Trinajstić information content (AvgIpc) is 2.99. The monoisotopic (exact) mass is 492 g/mol. The van der Waals surface area contributed by atoms with E-state index in [1.807, 2.05) is 6.07 Å². The van der Waals surface area contributed by atoms with Gasteiger partial charge in [0.1, 0.15) is 0 Å². The summed E-state index contributed by atoms with van der Waals surface area (Å²) in [5, 5.41) is 8.47. The molecule has 1 aromatic rings. The van der Waals surface area contributed by atoms with E-state index < -0.39 is 12.7 Å². The summed E-state index contributed by atoms with van der Waals surface area (Å²) in [6.07, 6.45) is -3.53. The molecular formula is C16H28F3IN4S. The molecule has 0 aliphatic carbocycles. The zero-order valence-corrected chi connectivity index (χ0v) is 18.3. The van der Waals surface area contributed by atoms with Crippen molar-refractivity contribution in [3.63, 3.8) is 0 Å². The first-order valence-corrected chi connectivity index (χ1v) is 8.76. The molecule has 0 spiro atoms. The minimum Gasteiger partial charge on any atom is -0.356 e. The van der Waals surface area contributed by atoms with Crippen molar-refractivity contribution in [3.05, 3.63) is 22.4 Å². The fourth-order valence-electron chi connectivity index (χ4n) is 2.22. The first kappa shape index (κ1) is 24.5. The van der Waals surface area contributed by atoms with Gasteiger partial charge in [0.05, 0.1) is 6.54 Å². The maximum Gasteiger partial charge on any atom is 0.401 e. The number of nitrogens with zero attached hydrogens (tertiary/aromatic N) is 2. The molecule has 0 amide bonds. The van der Waals surface area contributed by atoms with Crippen molar-refractivity contribution >= 4 is 41.3 Å². The van der Waals surface area contributed by atoms with Crippen molar-refractivity contribution in [2.75, 3.05) is 40.3 Å². The Morgan fingerprint density at radius 2 is 1.96 bits per heavy atom. The molecule has 0 saturated heterocycles. The van der Waals surface area contributed by atoms with Crippen LogP contribution in [0.4, 0.5) is 13.2 Å². The molecule has 0 aliphatic heterocycles. The minimum atomic E-state index is -4.15. The number of guanidine groups is 1. The standard InChI is InChI=1S/C16H27F3N4S.HI/c1-15(2,13-7-5-10-24-13)11-22-14(20-3)21-8-6-9-23(4)12-16(17,18)19;/h5,7,10H,6,8-9,11-12H2,1-4H3,(H2,20,21,22);1H. The van der Waals surface area contributed by atoms with Gasteiger partial charge in [-0.15, -0.1) is 35.3 Å². The van der Waals surface area contributed by atoms with Crippen molar-refractivity contribution in [2.45, 2.75) is 31.9 Å². The van der Waals surface area contributed by atoms with E-state index in [0.29, 0.717) is 25.5 Å². The van der Waals surface area contributed by atoms with Gasteiger partial charge in [0.25, 0.3) is 0 Å². The Kier molecular flexibility index (Phi) is 11.0. The van der Waals surface area contributed by atoms with Gasteiger partial charge in [0.2, 0.25) is 0 Å². The molecule has 1 rings (SSSR count). The molecule has 1 aromatic heterocycles. The Morgan fingerprint density at radius 3 is 2.48 bits per heavy atom. The van der Waals surface area contributed by atoms with Crippen LogP contribution in [0.5, 0.6) is 0 Å². The van der Waals surface area contributed by atoms with Crippen LogP contribution in [-0.2, 0) is 5.41 Å². The van der Waals surface area contributed by atoms with Crippen molar-refractivity contribution in [1.82, 2.24) is 15.5 Å². The van der Waals surface area contributed by atoms with Gasteiger partial charge >= 0.3 is 6.18 Å². The fourth-order valence-corrected chi connectivity index (χ4v) is 3.07. The van der Waals surface area contributed by atoms with Gasteiger partial charge in [-0.1, -0.05) is 19.9 Å². The van der Waals surface area contributed by atoms with Gasteiger partial charge in [-0.2, -0.15) is 13.2 Å². The number of nitrogens with one attached hydrogen (secondary N) is 2. The van der Waals surface area contributed by atoms with Crippen molar-refractivity contribution in [1.29, 1.82) is 0 Å². The number of hydrogen-bond acceptors (Lipinski definition) is 3. The van der Waals surface area contributed by atoms with Crippen LogP contribution >= 0.6 is 35.3 Å². The summed E-state index contributed by atoms with van der Waals surface area (Å²) >= 11 is 1.72. The van der Waals surface area contributed by atoms with E-state index in [4.69, 9.17) is 0 Å². The second-order valence-corrected chi connectivity index (χ2v) is 7.37. The highest BCUT2D eigenvalue weighted by atomic mass is 127. The number of thiophene rings is 1. The van der Waals surface area contributed by atoms with E-state index in [1.165, 1.54) is 16.8 Å². The van der Waals surface area contributed by atoms with Crippen LogP contribution in [0.3, 0.4) is 0 Å². The summed E-state index contributed by atoms with van der Waals surface area (Å²) in [6, 6.07) is 4.14. The molecule has 0 unspecified atom stereocenters. The van der Waals surface area contributed by atoms with Crippen LogP contribution < -0.4 is 10.6 Å². The topological polar surface area (TPSA) is 39.7 Å². The van der Waals surface area contributed by atoms with Crippen LogP contribution in [0.15, 0.2) is 22.5 Å². The maximum absolute atomic E-state index is 12.2. The van der Waals surface area contributed by atoms with Crippen molar-refractivity contribution in [2.24, 2.45) is 4.99 Å². The molecule has 4 nitrogen and oxygen atoms in total. The van der Waals surface area contributed by atoms with E-state index >= 15 is 0 Å². The number of aliphatic imine (C=N–C) groups is 1. The summed E-state index contributed by atoms with van der Waals surface area (Å²) in [5.74, 6) is 0.665. The predicted molar refractivity (Wildman–Crippen MR) is 110 cm³/mol. The van der Waals surface area contributed by atoms with E-state index in [0.717, 1.165) is 6.54 Å². The Balaban J connectivity index is 0.00000576. The predicted octanol–water partition coefficient (Wildman–Crippen LogP) is 3.69. The largest absolute Gasteiger partial charge is 0.401 e. The summed E-state index contributed by atoms with van der Waals surface area (Å²) in [5.41, 5.74) is -0.0152. The first-order chi connectivity index (χ1) is 11.1. The van der Waals surface area contributed by atoms with Gasteiger partial charge in [-0.3, -0.25) is 9.89 Å². The lowest BCUT2D eigenvalue weighted by Crippen LogP contribution is -2.44. The van der Waals surface area contributed by atoms with Crippen LogP contribution in [0.25, 0.3) is 0 Å². The van der Waals surface area contributed by atoms with Crippen LogP contribution in [-0.4, -0.2) is 57.3 Å². The molecule has 1 heterocycles. The van der Waals surface area contributed by atoms with Crippen LogP contribution in [0.1, 0.15) is 25.1 Å². The first-order valence-electron chi connectivity index (χ1n) is 7.88. The zero-order chi connectivity index (χ0) is 18.2. The highest BCUT2D eigenvalue weighted by Crippen LogP contribution is 2.26. The molecule has 25 heavy (non-hydrogen) atoms. The second-order valence-electron chi connectivity index (χ2n) is 6.42. The number of rotatable bonds is 8. The quantitative estimate of drug-likeness (QED) is 0.252. The number of alkyl halides is 3. The van der Waals surface area contributed by atoms with Gasteiger partial charge in [0, 0.05) is 30.4 Å². The average molecular weight is 492 g/mol. The third-order valence-corrected chi connectivity index (χ3v) is 4.80. The Labute approximate surface area is 169 Å². The Hall–Kier alpha value is -0.550. The van der Waals surface area contributed by atoms with Gasteiger partial charge < -0.3 is 10.6 Å². The van der Waals surface area contributed by atoms with Gasteiger partial charge in [0.15, 0.2) is 5.96 Å². The molecule has 0 aliphatic rings. The Bertz CT molecular complexity index is 504. The fraction of sp³-hybridized carbons (Fsp3) is 0.688. The SMILES string of the molecule is CN=C(NCCCN(C)CC(F)(F)F)NCC(C)(C)c1cccs1.I. The molecular weight excluding hydrogens is 464 g/mol. The normalized spacial score (nSPS) is 12.9. The summed E-state index contributed by atoms with van der Waals surface area (Å²) < 4.78 is 36.7. The molecule has 0 bridgehead atoms. The molecule has 9 heteroatoms. The number of halogens is 4. The summed E-state index contributed by atoms with van der Waals surface area (Å²) in [7, 11) is 3.16. The van der Waals surface area contributed by atoms with Gasteiger partial charge in [-0.25, -0.2) is 0 Å². The van der Waals surface area contributed by atoms with E-state index in [1.54, 1.807) is 18.4 Å². The van der Waals surface area contributed by atoms with Crippen molar-refractivity contribution < 1.29 is 13.2 Å². The zero-order valence-electron chi connectivity index (χ0n) is 15.1. The lowest BCUT2D eigenvalue weighted by molar-refractivity contribution is -0.143. The molecule has 146 valence electrons. The van der Waals surface area contributed by atoms with E-state index in [9.17, 15) is 13.2 Å².